The van der Waals surface area contributed by atoms with Crippen molar-refractivity contribution in [2.24, 2.45) is 0 Å². The molecule has 0 spiro atoms. The van der Waals surface area contributed by atoms with E-state index in [1.807, 2.05) is 6.20 Å². The molecule has 0 bridgehead atoms. The van der Waals surface area contributed by atoms with Crippen LogP contribution >= 0.6 is 0 Å². The predicted octanol–water partition coefficient (Wildman–Crippen LogP) is 5.09. The highest BCUT2D eigenvalue weighted by Gasteiger charge is 2.21. The Morgan fingerprint density at radius 3 is 2.54 bits per heavy atom. The monoisotopic (exact) mass is 328 g/mol. The standard InChI is InChI=1S/C21H20N2Si/c1-13-12-23-20-16(13)6-5-7-17(20)18-11-15(24(2,3)4)10-14-8-9-22-21(23)19(14)18/h5-12H,1-4H3. The normalized spacial score (nSPS) is 13.0. The molecule has 0 aliphatic carbocycles. The molecule has 0 aliphatic heterocycles. The van der Waals surface area contributed by atoms with Crippen molar-refractivity contribution in [3.63, 3.8) is 0 Å². The van der Waals surface area contributed by atoms with Gasteiger partial charge in [0, 0.05) is 28.6 Å². The van der Waals surface area contributed by atoms with Crippen molar-refractivity contribution in [1.82, 2.24) is 9.38 Å². The number of para-hydroxylation sites is 1. The number of aromatic nitrogens is 2. The molecule has 0 saturated carbocycles. The molecular weight excluding hydrogens is 308 g/mol. The molecule has 2 nitrogen and oxygen atoms in total. The number of aryl methyl sites for hydroxylation is 1. The van der Waals surface area contributed by atoms with E-state index in [-0.39, 0.29) is 0 Å². The van der Waals surface area contributed by atoms with Crippen molar-refractivity contribution in [3.8, 4) is 0 Å². The number of hydrogen-bond acceptors (Lipinski definition) is 1. The van der Waals surface area contributed by atoms with Crippen LogP contribution in [0.25, 0.3) is 38.1 Å². The summed E-state index contributed by atoms with van der Waals surface area (Å²) in [5.41, 5.74) is 3.68. The summed E-state index contributed by atoms with van der Waals surface area (Å²) >= 11 is 0. The molecule has 3 heteroatoms. The average molecular weight is 328 g/mol. The van der Waals surface area contributed by atoms with E-state index < -0.39 is 8.07 Å². The smallest absolute Gasteiger partial charge is 0.145 e. The van der Waals surface area contributed by atoms with Crippen LogP contribution in [0.5, 0.6) is 0 Å². The van der Waals surface area contributed by atoms with Crippen LogP contribution in [0.3, 0.4) is 0 Å². The van der Waals surface area contributed by atoms with Gasteiger partial charge in [-0.2, -0.15) is 0 Å². The van der Waals surface area contributed by atoms with Gasteiger partial charge in [0.15, 0.2) is 0 Å². The molecule has 5 aromatic rings. The third-order valence-electron chi connectivity index (χ3n) is 5.25. The summed E-state index contributed by atoms with van der Waals surface area (Å²) in [7, 11) is -1.39. The van der Waals surface area contributed by atoms with E-state index in [4.69, 9.17) is 4.98 Å². The minimum Gasteiger partial charge on any atom is -0.300 e. The molecule has 0 radical (unpaired) electrons. The van der Waals surface area contributed by atoms with Crippen molar-refractivity contribution in [2.45, 2.75) is 26.6 Å². The topological polar surface area (TPSA) is 17.3 Å². The molecule has 3 aromatic heterocycles. The summed E-state index contributed by atoms with van der Waals surface area (Å²) in [4.78, 5) is 4.74. The minimum absolute atomic E-state index is 1.07. The maximum atomic E-state index is 4.74. The van der Waals surface area contributed by atoms with E-state index in [0.29, 0.717) is 0 Å². The van der Waals surface area contributed by atoms with Crippen LogP contribution in [-0.2, 0) is 0 Å². The van der Waals surface area contributed by atoms with Crippen molar-refractivity contribution < 1.29 is 0 Å². The van der Waals surface area contributed by atoms with Crippen molar-refractivity contribution in [3.05, 3.63) is 54.4 Å². The van der Waals surface area contributed by atoms with Gasteiger partial charge in [0.1, 0.15) is 5.65 Å². The molecular formula is C21H20N2Si. The molecule has 118 valence electrons. The van der Waals surface area contributed by atoms with E-state index >= 15 is 0 Å². The lowest BCUT2D eigenvalue weighted by atomic mass is 10.0. The predicted molar refractivity (Wildman–Crippen MR) is 107 cm³/mol. The van der Waals surface area contributed by atoms with Crippen molar-refractivity contribution >= 4 is 51.4 Å². The summed E-state index contributed by atoms with van der Waals surface area (Å²) in [6.45, 7) is 9.43. The molecule has 5 rings (SSSR count). The lowest BCUT2D eigenvalue weighted by molar-refractivity contribution is 1.20. The Hall–Kier alpha value is -2.39. The average Bonchev–Trinajstić information content (AvgIpc) is 2.89. The van der Waals surface area contributed by atoms with Gasteiger partial charge in [-0.05, 0) is 29.3 Å². The number of nitrogens with zero attached hydrogens (tertiary/aromatic N) is 2. The molecule has 3 heterocycles. The SMILES string of the molecule is Cc1cn2c3nccc4cc([Si](C)(C)C)cc(c5cccc1c52)c43. The van der Waals surface area contributed by atoms with Gasteiger partial charge < -0.3 is 0 Å². The third-order valence-corrected chi connectivity index (χ3v) is 7.27. The fourth-order valence-electron chi connectivity index (χ4n) is 3.96. The third kappa shape index (κ3) is 1.68. The Morgan fingerprint density at radius 2 is 1.75 bits per heavy atom. The van der Waals surface area contributed by atoms with Gasteiger partial charge in [0.25, 0.3) is 0 Å². The fraction of sp³-hybridized carbons (Fsp3) is 0.190. The first-order chi connectivity index (χ1) is 11.4. The van der Waals surface area contributed by atoms with E-state index in [0.717, 1.165) is 5.65 Å². The first kappa shape index (κ1) is 14.0. The first-order valence-corrected chi connectivity index (χ1v) is 12.0. The lowest BCUT2D eigenvalue weighted by Gasteiger charge is -2.20. The van der Waals surface area contributed by atoms with Gasteiger partial charge in [0.05, 0.1) is 13.6 Å². The molecule has 0 saturated heterocycles. The Balaban J connectivity index is 2.16. The highest BCUT2D eigenvalue weighted by molar-refractivity contribution is 6.89. The first-order valence-electron chi connectivity index (χ1n) is 8.50. The second-order valence-corrected chi connectivity index (χ2v) is 13.0. The Kier molecular flexibility index (Phi) is 2.54. The number of benzene rings is 2. The summed E-state index contributed by atoms with van der Waals surface area (Å²) < 4.78 is 2.28. The Labute approximate surface area is 142 Å². The Bertz CT molecular complexity index is 1240. The van der Waals surface area contributed by atoms with Gasteiger partial charge in [-0.15, -0.1) is 0 Å². The van der Waals surface area contributed by atoms with E-state index in [2.05, 4.69) is 73.6 Å². The molecule has 0 aliphatic rings. The van der Waals surface area contributed by atoms with Gasteiger partial charge in [-0.3, -0.25) is 4.40 Å². The van der Waals surface area contributed by atoms with Gasteiger partial charge in [-0.1, -0.05) is 55.2 Å². The maximum Gasteiger partial charge on any atom is 0.145 e. The molecule has 0 atom stereocenters. The molecule has 2 aromatic carbocycles. The second-order valence-electron chi connectivity index (χ2n) is 7.89. The van der Waals surface area contributed by atoms with Crippen LogP contribution in [0.4, 0.5) is 0 Å². The van der Waals surface area contributed by atoms with Gasteiger partial charge in [-0.25, -0.2) is 4.98 Å². The number of pyridine rings is 2. The molecule has 0 fully saturated rings. The molecule has 0 unspecified atom stereocenters. The van der Waals surface area contributed by atoms with Gasteiger partial charge in [0.2, 0.25) is 0 Å². The van der Waals surface area contributed by atoms with Crippen molar-refractivity contribution in [1.29, 1.82) is 0 Å². The lowest BCUT2D eigenvalue weighted by Crippen LogP contribution is -2.37. The summed E-state index contributed by atoms with van der Waals surface area (Å²) in [5, 5.41) is 8.13. The van der Waals surface area contributed by atoms with E-state index in [9.17, 15) is 0 Å². The number of rotatable bonds is 1. The fourth-order valence-corrected chi connectivity index (χ4v) is 5.13. The van der Waals surface area contributed by atoms with E-state index in [1.54, 1.807) is 0 Å². The van der Waals surface area contributed by atoms with E-state index in [1.165, 1.54) is 43.2 Å². The van der Waals surface area contributed by atoms with Crippen LogP contribution in [-0.4, -0.2) is 17.5 Å². The molecule has 24 heavy (non-hydrogen) atoms. The highest BCUT2D eigenvalue weighted by Crippen LogP contribution is 2.36. The second kappa shape index (κ2) is 4.36. The Morgan fingerprint density at radius 1 is 0.958 bits per heavy atom. The van der Waals surface area contributed by atoms with Gasteiger partial charge >= 0.3 is 0 Å². The zero-order valence-corrected chi connectivity index (χ0v) is 15.5. The molecule has 0 amide bonds. The zero-order chi connectivity index (χ0) is 16.6. The maximum absolute atomic E-state index is 4.74. The molecule has 0 N–H and O–H groups in total. The van der Waals surface area contributed by atoms with Crippen LogP contribution < -0.4 is 5.19 Å². The minimum atomic E-state index is -1.39. The summed E-state index contributed by atoms with van der Waals surface area (Å²) in [5.74, 6) is 0. The largest absolute Gasteiger partial charge is 0.300 e. The number of hydrogen-bond donors (Lipinski definition) is 0. The van der Waals surface area contributed by atoms with Crippen LogP contribution in [0.1, 0.15) is 5.56 Å². The zero-order valence-electron chi connectivity index (χ0n) is 14.5. The van der Waals surface area contributed by atoms with Crippen LogP contribution in [0.15, 0.2) is 48.8 Å². The van der Waals surface area contributed by atoms with Crippen LogP contribution in [0, 0.1) is 6.92 Å². The number of fused-ring (bicyclic) bond motifs is 2. The quantitative estimate of drug-likeness (QED) is 0.238. The van der Waals surface area contributed by atoms with Crippen LogP contribution in [0.2, 0.25) is 19.6 Å². The summed E-state index contributed by atoms with van der Waals surface area (Å²) in [6.07, 6.45) is 4.18. The summed E-state index contributed by atoms with van der Waals surface area (Å²) in [6, 6.07) is 13.6. The highest BCUT2D eigenvalue weighted by atomic mass is 28.3. The van der Waals surface area contributed by atoms with Crippen molar-refractivity contribution in [2.75, 3.05) is 0 Å².